The Bertz CT molecular complexity index is 583. The van der Waals surface area contributed by atoms with Gasteiger partial charge < -0.3 is 9.88 Å². The number of hydrogen-bond donors (Lipinski definition) is 1. The van der Waals surface area contributed by atoms with E-state index in [1.165, 1.54) is 10.8 Å². The van der Waals surface area contributed by atoms with Crippen LogP contribution in [0, 0.1) is 6.92 Å². The standard InChI is InChI=1S/C12H20ClN3O3S/c1-5-6-8(2)14-12(17)9(3)16-7-11(15-10(16)4)20(13,18)19/h7-9H,5-6H2,1-4H3,(H,14,17). The van der Waals surface area contributed by atoms with Crippen molar-refractivity contribution in [3.8, 4) is 0 Å². The highest BCUT2D eigenvalue weighted by Crippen LogP contribution is 2.18. The van der Waals surface area contributed by atoms with Crippen LogP contribution in [0.15, 0.2) is 11.2 Å². The Kier molecular flexibility index (Phi) is 5.59. The van der Waals surface area contributed by atoms with Gasteiger partial charge in [0.05, 0.1) is 0 Å². The molecule has 0 bridgehead atoms. The van der Waals surface area contributed by atoms with Crippen LogP contribution in [0.1, 0.15) is 45.5 Å². The number of carbonyl (C=O) groups excluding carboxylic acids is 1. The molecule has 0 aliphatic heterocycles. The van der Waals surface area contributed by atoms with Crippen LogP contribution in [-0.2, 0) is 13.8 Å². The lowest BCUT2D eigenvalue weighted by atomic mass is 10.2. The second kappa shape index (κ2) is 6.58. The molecule has 1 amide bonds. The third-order valence-corrected chi connectivity index (χ3v) is 4.22. The molecular weight excluding hydrogens is 302 g/mol. The van der Waals surface area contributed by atoms with Crippen LogP contribution >= 0.6 is 10.7 Å². The Morgan fingerprint density at radius 3 is 2.55 bits per heavy atom. The molecule has 1 aromatic rings. The molecule has 0 radical (unpaired) electrons. The molecule has 1 heterocycles. The van der Waals surface area contributed by atoms with Gasteiger partial charge in [-0.25, -0.2) is 13.4 Å². The van der Waals surface area contributed by atoms with E-state index in [0.29, 0.717) is 5.82 Å². The molecule has 0 fully saturated rings. The lowest BCUT2D eigenvalue weighted by Gasteiger charge is -2.18. The van der Waals surface area contributed by atoms with Crippen LogP contribution in [-0.4, -0.2) is 29.9 Å². The number of aryl methyl sites for hydroxylation is 1. The van der Waals surface area contributed by atoms with E-state index in [0.717, 1.165) is 12.8 Å². The summed E-state index contributed by atoms with van der Waals surface area (Å²) in [6.07, 6.45) is 3.16. The first-order valence-electron chi connectivity index (χ1n) is 6.47. The second-order valence-electron chi connectivity index (χ2n) is 4.85. The van der Waals surface area contributed by atoms with Crippen molar-refractivity contribution in [3.05, 3.63) is 12.0 Å². The third-order valence-electron chi connectivity index (χ3n) is 3.05. The fourth-order valence-corrected chi connectivity index (χ4v) is 2.67. The topological polar surface area (TPSA) is 81.1 Å². The highest BCUT2D eigenvalue weighted by molar-refractivity contribution is 8.13. The van der Waals surface area contributed by atoms with E-state index < -0.39 is 15.1 Å². The number of hydrogen-bond acceptors (Lipinski definition) is 4. The molecule has 1 aromatic heterocycles. The first kappa shape index (κ1) is 17.0. The maximum atomic E-state index is 12.1. The molecule has 8 heteroatoms. The maximum absolute atomic E-state index is 12.1. The van der Waals surface area contributed by atoms with Crippen molar-refractivity contribution in [1.29, 1.82) is 0 Å². The largest absolute Gasteiger partial charge is 0.352 e. The molecule has 0 spiro atoms. The van der Waals surface area contributed by atoms with Crippen molar-refractivity contribution in [2.75, 3.05) is 0 Å². The number of halogens is 1. The normalized spacial score (nSPS) is 14.8. The van der Waals surface area contributed by atoms with Crippen LogP contribution in [0.2, 0.25) is 0 Å². The van der Waals surface area contributed by atoms with Gasteiger partial charge in [0.1, 0.15) is 11.9 Å². The molecule has 114 valence electrons. The summed E-state index contributed by atoms with van der Waals surface area (Å²) >= 11 is 0. The van der Waals surface area contributed by atoms with E-state index in [2.05, 4.69) is 10.3 Å². The number of imidazole rings is 1. The number of amides is 1. The Hall–Kier alpha value is -1.08. The molecule has 0 aromatic carbocycles. The highest BCUT2D eigenvalue weighted by Gasteiger charge is 2.22. The van der Waals surface area contributed by atoms with Gasteiger partial charge in [-0.2, -0.15) is 0 Å². The fraction of sp³-hybridized carbons (Fsp3) is 0.667. The first-order valence-corrected chi connectivity index (χ1v) is 8.78. The summed E-state index contributed by atoms with van der Waals surface area (Å²) in [7, 11) is 1.36. The van der Waals surface area contributed by atoms with E-state index >= 15 is 0 Å². The predicted octanol–water partition coefficient (Wildman–Crippen LogP) is 1.98. The molecule has 0 aliphatic rings. The zero-order valence-electron chi connectivity index (χ0n) is 12.1. The maximum Gasteiger partial charge on any atom is 0.280 e. The van der Waals surface area contributed by atoms with Crippen molar-refractivity contribution in [1.82, 2.24) is 14.9 Å². The molecule has 1 rings (SSSR count). The van der Waals surface area contributed by atoms with E-state index in [1.807, 2.05) is 13.8 Å². The minimum absolute atomic E-state index is 0.0787. The van der Waals surface area contributed by atoms with Crippen LogP contribution < -0.4 is 5.32 Å². The summed E-state index contributed by atoms with van der Waals surface area (Å²) in [5.74, 6) is 0.250. The van der Waals surface area contributed by atoms with E-state index in [1.54, 1.807) is 13.8 Å². The molecule has 0 aliphatic carbocycles. The molecule has 6 nitrogen and oxygen atoms in total. The van der Waals surface area contributed by atoms with E-state index in [4.69, 9.17) is 10.7 Å². The Balaban J connectivity index is 2.90. The van der Waals surface area contributed by atoms with E-state index in [9.17, 15) is 13.2 Å². The Morgan fingerprint density at radius 2 is 2.10 bits per heavy atom. The summed E-state index contributed by atoms with van der Waals surface area (Å²) in [5.41, 5.74) is 0. The summed E-state index contributed by atoms with van der Waals surface area (Å²) in [6.45, 7) is 7.30. The van der Waals surface area contributed by atoms with Crippen LogP contribution in [0.5, 0.6) is 0 Å². The average Bonchev–Trinajstić information content (AvgIpc) is 2.70. The molecular formula is C12H20ClN3O3S. The van der Waals surface area contributed by atoms with Gasteiger partial charge in [-0.1, -0.05) is 13.3 Å². The number of carbonyl (C=O) groups is 1. The summed E-state index contributed by atoms with van der Waals surface area (Å²) in [4.78, 5) is 16.0. The lowest BCUT2D eigenvalue weighted by Crippen LogP contribution is -2.37. The van der Waals surface area contributed by atoms with Crippen LogP contribution in [0.3, 0.4) is 0 Å². The minimum atomic E-state index is -3.89. The summed E-state index contributed by atoms with van der Waals surface area (Å²) in [6, 6.07) is -0.469. The van der Waals surface area contributed by atoms with Crippen LogP contribution in [0.4, 0.5) is 0 Å². The van der Waals surface area contributed by atoms with E-state index in [-0.39, 0.29) is 17.0 Å². The van der Waals surface area contributed by atoms with Crippen LogP contribution in [0.25, 0.3) is 0 Å². The fourth-order valence-electron chi connectivity index (χ4n) is 1.96. The van der Waals surface area contributed by atoms with Crippen molar-refractivity contribution in [3.63, 3.8) is 0 Å². The monoisotopic (exact) mass is 321 g/mol. The lowest BCUT2D eigenvalue weighted by molar-refractivity contribution is -0.124. The third kappa shape index (κ3) is 4.21. The summed E-state index contributed by atoms with van der Waals surface area (Å²) < 4.78 is 24.0. The van der Waals surface area contributed by atoms with Crippen molar-refractivity contribution >= 4 is 25.6 Å². The first-order chi connectivity index (χ1) is 9.16. The second-order valence-corrected chi connectivity index (χ2v) is 7.36. The van der Waals surface area contributed by atoms with Crippen molar-refractivity contribution < 1.29 is 13.2 Å². The Labute approximate surface area is 123 Å². The zero-order chi connectivity index (χ0) is 15.5. The molecule has 20 heavy (non-hydrogen) atoms. The highest BCUT2D eigenvalue weighted by atomic mass is 35.7. The van der Waals surface area contributed by atoms with Gasteiger partial charge >= 0.3 is 0 Å². The Morgan fingerprint density at radius 1 is 1.50 bits per heavy atom. The average molecular weight is 322 g/mol. The molecule has 1 N–H and O–H groups in total. The quantitative estimate of drug-likeness (QED) is 0.812. The number of aromatic nitrogens is 2. The zero-order valence-corrected chi connectivity index (χ0v) is 13.6. The minimum Gasteiger partial charge on any atom is -0.352 e. The molecule has 2 atom stereocenters. The van der Waals surface area contributed by atoms with Crippen molar-refractivity contribution in [2.24, 2.45) is 0 Å². The SMILES string of the molecule is CCCC(C)NC(=O)C(C)n1cc(S(=O)(=O)Cl)nc1C. The smallest absolute Gasteiger partial charge is 0.280 e. The van der Waals surface area contributed by atoms with Gasteiger partial charge in [0.15, 0.2) is 5.03 Å². The van der Waals surface area contributed by atoms with Crippen molar-refractivity contribution in [2.45, 2.75) is 57.6 Å². The van der Waals surface area contributed by atoms with Gasteiger partial charge in [-0.05, 0) is 27.2 Å². The van der Waals surface area contributed by atoms with Gasteiger partial charge in [0.2, 0.25) is 5.91 Å². The van der Waals surface area contributed by atoms with Gasteiger partial charge in [0.25, 0.3) is 9.05 Å². The van der Waals surface area contributed by atoms with Gasteiger partial charge in [-0.3, -0.25) is 4.79 Å². The summed E-state index contributed by atoms with van der Waals surface area (Å²) in [5, 5.41) is 2.65. The number of rotatable bonds is 6. The molecule has 0 saturated carbocycles. The number of nitrogens with zero attached hydrogens (tertiary/aromatic N) is 2. The van der Waals surface area contributed by atoms with Gasteiger partial charge in [0, 0.05) is 22.9 Å². The molecule has 0 saturated heterocycles. The number of nitrogens with one attached hydrogen (secondary N) is 1. The molecule has 2 unspecified atom stereocenters. The van der Waals surface area contributed by atoms with Gasteiger partial charge in [-0.15, -0.1) is 0 Å². The predicted molar refractivity (Wildman–Crippen MR) is 77.2 cm³/mol.